The lowest BCUT2D eigenvalue weighted by Crippen LogP contribution is -2.30. The highest BCUT2D eigenvalue weighted by atomic mass is 32.2. The van der Waals surface area contributed by atoms with Crippen molar-refractivity contribution in [3.8, 4) is 0 Å². The van der Waals surface area contributed by atoms with Gasteiger partial charge in [0.2, 0.25) is 0 Å². The second kappa shape index (κ2) is 5.09. The van der Waals surface area contributed by atoms with E-state index in [1.54, 1.807) is 29.6 Å². The van der Waals surface area contributed by atoms with E-state index in [-0.39, 0.29) is 12.0 Å². The first-order chi connectivity index (χ1) is 8.88. The van der Waals surface area contributed by atoms with Gasteiger partial charge in [-0.3, -0.25) is 4.79 Å². The molecule has 0 aliphatic carbocycles. The number of carbonyl (C=O) groups excluding carboxylic acids is 1. The zero-order valence-corrected chi connectivity index (χ0v) is 12.4. The van der Waals surface area contributed by atoms with Crippen molar-refractivity contribution < 1.29 is 18.2 Å². The lowest BCUT2D eigenvalue weighted by atomic mass is 10.2. The molecule has 2 rings (SSSR count). The summed E-state index contributed by atoms with van der Waals surface area (Å²) in [4.78, 5) is 11.9. The van der Waals surface area contributed by atoms with Crippen molar-refractivity contribution in [3.05, 3.63) is 24.2 Å². The Hall–Kier alpha value is -1.14. The van der Waals surface area contributed by atoms with Gasteiger partial charge >= 0.3 is 5.97 Å². The molecule has 106 valence electrons. The Morgan fingerprint density at radius 1 is 1.53 bits per heavy atom. The highest BCUT2D eigenvalue weighted by Gasteiger charge is 2.61. The molecular weight excluding hydrogens is 266 g/mol. The molecule has 1 fully saturated rings. The van der Waals surface area contributed by atoms with Crippen LogP contribution in [0.3, 0.4) is 0 Å². The van der Waals surface area contributed by atoms with E-state index in [0.29, 0.717) is 12.4 Å². The standard InChI is InChI=1S/C13H19NO4S/c1-5-17-12(15)11-10(9-7-6-8-18-9)14(11)19(16)13(2,3)4/h6-8,10-11H,5H2,1-4H3/t10-,11-,14?,19-/m0/s1. The maximum absolute atomic E-state index is 12.4. The van der Waals surface area contributed by atoms with Crippen molar-refractivity contribution in [3.63, 3.8) is 0 Å². The number of esters is 1. The molecular formula is C13H19NO4S. The second-order valence-corrected chi connectivity index (χ2v) is 7.52. The van der Waals surface area contributed by atoms with Crippen LogP contribution in [0.25, 0.3) is 0 Å². The van der Waals surface area contributed by atoms with Gasteiger partial charge in [0, 0.05) is 0 Å². The van der Waals surface area contributed by atoms with Gasteiger partial charge in [-0.2, -0.15) is 4.31 Å². The Balaban J connectivity index is 2.21. The molecule has 19 heavy (non-hydrogen) atoms. The molecule has 1 aromatic heterocycles. The van der Waals surface area contributed by atoms with Crippen LogP contribution in [-0.2, 0) is 20.5 Å². The van der Waals surface area contributed by atoms with E-state index in [4.69, 9.17) is 9.15 Å². The molecule has 5 nitrogen and oxygen atoms in total. The number of ether oxygens (including phenoxy) is 1. The third-order valence-corrected chi connectivity index (χ3v) is 4.72. The molecule has 0 amide bonds. The van der Waals surface area contributed by atoms with Gasteiger partial charge in [0.25, 0.3) is 0 Å². The summed E-state index contributed by atoms with van der Waals surface area (Å²) < 4.78 is 24.0. The predicted molar refractivity (Wildman–Crippen MR) is 71.6 cm³/mol. The van der Waals surface area contributed by atoms with Gasteiger partial charge in [-0.1, -0.05) is 0 Å². The number of nitrogens with zero attached hydrogens (tertiary/aromatic N) is 1. The molecule has 0 N–H and O–H groups in total. The van der Waals surface area contributed by atoms with E-state index in [1.807, 2.05) is 20.8 Å². The van der Waals surface area contributed by atoms with Gasteiger partial charge < -0.3 is 9.15 Å². The second-order valence-electron chi connectivity index (χ2n) is 5.38. The van der Waals surface area contributed by atoms with Gasteiger partial charge in [-0.25, -0.2) is 4.21 Å². The average Bonchev–Trinajstić information content (AvgIpc) is 2.82. The largest absolute Gasteiger partial charge is 0.468 e. The summed E-state index contributed by atoms with van der Waals surface area (Å²) in [5.74, 6) is 0.303. The molecule has 0 saturated carbocycles. The smallest absolute Gasteiger partial charge is 0.326 e. The quantitative estimate of drug-likeness (QED) is 0.627. The molecule has 1 aliphatic rings. The van der Waals surface area contributed by atoms with E-state index in [1.165, 1.54) is 0 Å². The van der Waals surface area contributed by atoms with Crippen molar-refractivity contribution in [1.29, 1.82) is 0 Å². The van der Waals surface area contributed by atoms with Crippen molar-refractivity contribution >= 4 is 17.0 Å². The fourth-order valence-corrected chi connectivity index (χ4v) is 3.35. The van der Waals surface area contributed by atoms with Crippen LogP contribution in [0.5, 0.6) is 0 Å². The van der Waals surface area contributed by atoms with Gasteiger partial charge in [-0.05, 0) is 39.8 Å². The Morgan fingerprint density at radius 3 is 2.68 bits per heavy atom. The highest BCUT2D eigenvalue weighted by Crippen LogP contribution is 2.47. The molecule has 0 radical (unpaired) electrons. The molecule has 1 unspecified atom stereocenters. The topological polar surface area (TPSA) is 59.5 Å². The normalized spacial score (nSPS) is 27.9. The molecule has 0 aromatic carbocycles. The number of rotatable bonds is 4. The van der Waals surface area contributed by atoms with Crippen LogP contribution in [0.4, 0.5) is 0 Å². The first kappa shape index (κ1) is 14.3. The maximum Gasteiger partial charge on any atom is 0.326 e. The van der Waals surface area contributed by atoms with Gasteiger partial charge in [0.1, 0.15) is 28.8 Å². The van der Waals surface area contributed by atoms with E-state index in [0.717, 1.165) is 0 Å². The molecule has 1 aromatic rings. The summed E-state index contributed by atoms with van der Waals surface area (Å²) in [6.45, 7) is 7.71. The molecule has 1 saturated heterocycles. The fourth-order valence-electron chi connectivity index (χ4n) is 1.93. The maximum atomic E-state index is 12.4. The summed E-state index contributed by atoms with van der Waals surface area (Å²) in [6.07, 6.45) is 1.55. The van der Waals surface area contributed by atoms with Crippen LogP contribution in [0, 0.1) is 0 Å². The predicted octanol–water partition coefficient (Wildman–Crippen LogP) is 2.03. The first-order valence-corrected chi connectivity index (χ1v) is 7.39. The summed E-state index contributed by atoms with van der Waals surface area (Å²) >= 11 is 0. The Labute approximate surface area is 115 Å². The molecule has 6 heteroatoms. The van der Waals surface area contributed by atoms with Gasteiger partial charge in [-0.15, -0.1) is 0 Å². The minimum absolute atomic E-state index is 0.283. The Morgan fingerprint density at radius 2 is 2.21 bits per heavy atom. The molecule has 4 atom stereocenters. The summed E-state index contributed by atoms with van der Waals surface area (Å²) in [5, 5.41) is 0. The minimum atomic E-state index is -1.27. The lowest BCUT2D eigenvalue weighted by molar-refractivity contribution is -0.143. The zero-order valence-electron chi connectivity index (χ0n) is 11.6. The van der Waals surface area contributed by atoms with Crippen molar-refractivity contribution in [2.45, 2.75) is 44.5 Å². The molecule has 0 spiro atoms. The Bertz CT molecular complexity index is 477. The van der Waals surface area contributed by atoms with Crippen LogP contribution in [0.1, 0.15) is 39.5 Å². The summed E-state index contributed by atoms with van der Waals surface area (Å²) in [5.41, 5.74) is 0. The van der Waals surface area contributed by atoms with E-state index < -0.39 is 21.8 Å². The van der Waals surface area contributed by atoms with E-state index in [9.17, 15) is 9.00 Å². The van der Waals surface area contributed by atoms with Crippen LogP contribution in [-0.4, -0.2) is 31.9 Å². The molecule has 0 bridgehead atoms. The van der Waals surface area contributed by atoms with Crippen molar-refractivity contribution in [1.82, 2.24) is 4.31 Å². The number of carbonyl (C=O) groups is 1. The number of furan rings is 1. The molecule has 1 aliphatic heterocycles. The monoisotopic (exact) mass is 285 g/mol. The van der Waals surface area contributed by atoms with E-state index in [2.05, 4.69) is 0 Å². The first-order valence-electron chi connectivity index (χ1n) is 6.28. The van der Waals surface area contributed by atoms with Gasteiger partial charge in [0.15, 0.2) is 0 Å². The average molecular weight is 285 g/mol. The number of hydrogen-bond donors (Lipinski definition) is 0. The van der Waals surface area contributed by atoms with Gasteiger partial charge in [0.05, 0.1) is 17.6 Å². The van der Waals surface area contributed by atoms with Crippen LogP contribution < -0.4 is 0 Å². The minimum Gasteiger partial charge on any atom is -0.468 e. The summed E-state index contributed by atoms with van der Waals surface area (Å²) in [6, 6.07) is 2.76. The Kier molecular flexibility index (Phi) is 3.82. The fraction of sp³-hybridized carbons (Fsp3) is 0.615. The number of hydrogen-bond acceptors (Lipinski definition) is 4. The third-order valence-electron chi connectivity index (χ3n) is 2.84. The zero-order chi connectivity index (χ0) is 14.2. The van der Waals surface area contributed by atoms with Crippen LogP contribution in [0.15, 0.2) is 22.8 Å². The molecule has 2 heterocycles. The highest BCUT2D eigenvalue weighted by molar-refractivity contribution is 7.84. The van der Waals surface area contributed by atoms with Crippen LogP contribution in [0.2, 0.25) is 0 Å². The third kappa shape index (κ3) is 2.74. The summed E-state index contributed by atoms with van der Waals surface area (Å²) in [7, 11) is -1.27. The van der Waals surface area contributed by atoms with Crippen LogP contribution >= 0.6 is 0 Å². The lowest BCUT2D eigenvalue weighted by Gasteiger charge is -2.18. The van der Waals surface area contributed by atoms with E-state index >= 15 is 0 Å². The van der Waals surface area contributed by atoms with Crippen molar-refractivity contribution in [2.75, 3.05) is 6.61 Å². The van der Waals surface area contributed by atoms with Crippen molar-refractivity contribution in [2.24, 2.45) is 0 Å². The SMILES string of the molecule is CCOC(=O)[C@@H]1[C@H](c2ccco2)N1[S@@](=O)C(C)(C)C.